The SMILES string of the molecule is COc1ccc(-n2nc(C(C)(C)C)cc2NC(=O)Nc2ccc(-c3ccc(CN4CCCCC4)nc3)c3ccccc23)cn1.Cc1ccc(-n2nc(C(C)(C)C)cc2NC(=O)Nc2ccc(-c3ccc(CN4CCCCC4)nc3)c3ccccc23)cn1. The van der Waals surface area contributed by atoms with Crippen LogP contribution in [0.5, 0.6) is 5.88 Å². The first-order valence-corrected chi connectivity index (χ1v) is 30.2. The number of carbonyl (C=O) groups is 2. The number of rotatable bonds is 13. The quantitative estimate of drug-likeness (QED) is 0.0861. The lowest BCUT2D eigenvalue weighted by atomic mass is 9.92. The van der Waals surface area contributed by atoms with Crippen molar-refractivity contribution in [1.29, 1.82) is 0 Å². The van der Waals surface area contributed by atoms with E-state index in [0.29, 0.717) is 28.9 Å². The van der Waals surface area contributed by atoms with Gasteiger partial charge in [0.2, 0.25) is 5.88 Å². The Bertz CT molecular complexity index is 4000. The van der Waals surface area contributed by atoms with Gasteiger partial charge in [-0.1, -0.05) is 127 Å². The predicted octanol–water partition coefficient (Wildman–Crippen LogP) is 15.1. The van der Waals surface area contributed by atoms with Crippen LogP contribution in [0.1, 0.15) is 109 Å². The Hall–Kier alpha value is -9.32. The molecule has 17 nitrogen and oxygen atoms in total. The number of piperidine rings is 2. The molecule has 2 aliphatic heterocycles. The number of pyridine rings is 4. The number of hydrogen-bond acceptors (Lipinski definition) is 11. The first-order valence-electron chi connectivity index (χ1n) is 30.2. The Morgan fingerprint density at radius 2 is 0.908 bits per heavy atom. The third-order valence-corrected chi connectivity index (χ3v) is 16.0. The van der Waals surface area contributed by atoms with Gasteiger partial charge in [-0.05, 0) is 123 Å². The smallest absolute Gasteiger partial charge is 0.324 e. The van der Waals surface area contributed by atoms with Crippen LogP contribution in [0.4, 0.5) is 32.6 Å². The molecule has 6 aromatic heterocycles. The molecule has 0 bridgehead atoms. The van der Waals surface area contributed by atoms with Gasteiger partial charge in [0.15, 0.2) is 0 Å². The van der Waals surface area contributed by atoms with Crippen LogP contribution in [0.25, 0.3) is 55.2 Å². The zero-order chi connectivity index (χ0) is 60.7. The Labute approximate surface area is 509 Å². The van der Waals surface area contributed by atoms with E-state index in [9.17, 15) is 9.59 Å². The van der Waals surface area contributed by atoms with Gasteiger partial charge >= 0.3 is 12.1 Å². The summed E-state index contributed by atoms with van der Waals surface area (Å²) >= 11 is 0. The molecule has 87 heavy (non-hydrogen) atoms. The maximum absolute atomic E-state index is 13.4. The number of carbonyl (C=O) groups excluding carboxylic acids is 2. The van der Waals surface area contributed by atoms with E-state index in [1.165, 1.54) is 38.5 Å². The van der Waals surface area contributed by atoms with Gasteiger partial charge in [-0.25, -0.2) is 23.9 Å². The van der Waals surface area contributed by atoms with Crippen molar-refractivity contribution < 1.29 is 14.3 Å². The van der Waals surface area contributed by atoms with Crippen molar-refractivity contribution >= 4 is 56.6 Å². The molecule has 4 aromatic carbocycles. The summed E-state index contributed by atoms with van der Waals surface area (Å²) in [5.41, 5.74) is 11.6. The molecule has 0 aliphatic carbocycles. The monoisotopic (exact) mass is 1160 g/mol. The second kappa shape index (κ2) is 26.1. The lowest BCUT2D eigenvalue weighted by molar-refractivity contribution is 0.218. The lowest BCUT2D eigenvalue weighted by Crippen LogP contribution is -2.29. The van der Waals surface area contributed by atoms with Crippen LogP contribution in [-0.4, -0.2) is 94.6 Å². The molecular weight excluding hydrogens is 1080 g/mol. The number of likely N-dealkylation sites (tertiary alicyclic amines) is 2. The fourth-order valence-electron chi connectivity index (χ4n) is 11.2. The summed E-state index contributed by atoms with van der Waals surface area (Å²) in [6, 6.07) is 43.4. The van der Waals surface area contributed by atoms with Crippen molar-refractivity contribution in [3.05, 3.63) is 187 Å². The third kappa shape index (κ3) is 14.3. The molecule has 2 fully saturated rings. The van der Waals surface area contributed by atoms with Crippen molar-refractivity contribution in [2.45, 2.75) is 111 Å². The summed E-state index contributed by atoms with van der Waals surface area (Å²) < 4.78 is 8.63. The lowest BCUT2D eigenvalue weighted by Gasteiger charge is -2.25. The number of aryl methyl sites for hydroxylation is 1. The summed E-state index contributed by atoms with van der Waals surface area (Å²) in [5.74, 6) is 1.62. The van der Waals surface area contributed by atoms with Gasteiger partial charge in [0, 0.05) is 82.1 Å². The number of ether oxygens (including phenoxy) is 1. The van der Waals surface area contributed by atoms with Crippen LogP contribution in [0.3, 0.4) is 0 Å². The molecule has 4 N–H and O–H groups in total. The van der Waals surface area contributed by atoms with Crippen molar-refractivity contribution in [3.8, 4) is 39.5 Å². The second-order valence-electron chi connectivity index (χ2n) is 24.7. The molecule has 8 heterocycles. The third-order valence-electron chi connectivity index (χ3n) is 16.0. The van der Waals surface area contributed by atoms with Crippen molar-refractivity contribution in [1.82, 2.24) is 49.3 Å². The van der Waals surface area contributed by atoms with E-state index in [4.69, 9.17) is 24.9 Å². The molecule has 2 saturated heterocycles. The number of fused-ring (bicyclic) bond motifs is 2. The molecule has 446 valence electrons. The van der Waals surface area contributed by atoms with Crippen LogP contribution in [0, 0.1) is 6.92 Å². The highest BCUT2D eigenvalue weighted by molar-refractivity contribution is 6.11. The topological polar surface area (TPSA) is 185 Å². The van der Waals surface area contributed by atoms with Crippen LogP contribution in [0.2, 0.25) is 0 Å². The van der Waals surface area contributed by atoms with Crippen LogP contribution in [-0.2, 0) is 23.9 Å². The highest BCUT2D eigenvalue weighted by atomic mass is 16.5. The highest BCUT2D eigenvalue weighted by Gasteiger charge is 2.25. The maximum Gasteiger partial charge on any atom is 0.324 e. The van der Waals surface area contributed by atoms with Gasteiger partial charge in [-0.3, -0.25) is 35.4 Å². The molecule has 17 heteroatoms. The first kappa shape index (κ1) is 59.4. The Morgan fingerprint density at radius 3 is 1.29 bits per heavy atom. The summed E-state index contributed by atoms with van der Waals surface area (Å²) in [6.45, 7) is 20.9. The summed E-state index contributed by atoms with van der Waals surface area (Å²) in [4.78, 5) is 50.1. The highest BCUT2D eigenvalue weighted by Crippen LogP contribution is 2.36. The molecule has 0 unspecified atom stereocenters. The van der Waals surface area contributed by atoms with Crippen molar-refractivity contribution in [3.63, 3.8) is 0 Å². The van der Waals surface area contributed by atoms with E-state index in [-0.39, 0.29) is 22.9 Å². The zero-order valence-corrected chi connectivity index (χ0v) is 51.2. The number of aromatic nitrogens is 8. The number of amides is 4. The van der Waals surface area contributed by atoms with Gasteiger partial charge in [0.25, 0.3) is 0 Å². The standard InChI is InChI=1S/C35H39N7O2.C35H39N7O/c1-35(2,3)31-20-32(42(40-31)26-14-17-33(44-4)37-22-26)39-34(43)38-30-16-15-27(28-10-6-7-11-29(28)30)24-12-13-25(36-21-24)23-41-18-8-5-9-19-41;1-24-12-15-27(22-36-24)42-33(20-32(40-42)35(2,3)4)39-34(43)38-31-17-16-28(29-10-6-7-11-30(29)31)25-13-14-26(37-21-25)23-41-18-8-5-9-19-41/h6-7,10-17,20-22H,5,8-9,18-19,23H2,1-4H3,(H2,38,39,43);6-7,10-17,20-22H,5,8-9,18-19,23H2,1-4H3,(H2,38,39,43). The Kier molecular flexibility index (Phi) is 17.8. The summed E-state index contributed by atoms with van der Waals surface area (Å²) in [5, 5.41) is 25.8. The van der Waals surface area contributed by atoms with E-state index < -0.39 is 0 Å². The van der Waals surface area contributed by atoms with Gasteiger partial charge < -0.3 is 15.4 Å². The molecule has 12 rings (SSSR count). The number of hydrogen-bond donors (Lipinski definition) is 4. The van der Waals surface area contributed by atoms with Gasteiger partial charge in [0.1, 0.15) is 11.6 Å². The number of nitrogens with one attached hydrogen (secondary N) is 4. The van der Waals surface area contributed by atoms with E-state index in [0.717, 1.165) is 123 Å². The van der Waals surface area contributed by atoms with Gasteiger partial charge in [0.05, 0.1) is 65.0 Å². The molecule has 4 amide bonds. The zero-order valence-electron chi connectivity index (χ0n) is 51.2. The van der Waals surface area contributed by atoms with E-state index in [1.807, 2.05) is 104 Å². The minimum absolute atomic E-state index is 0.192. The first-order chi connectivity index (χ1) is 42.0. The largest absolute Gasteiger partial charge is 0.481 e. The van der Waals surface area contributed by atoms with Crippen molar-refractivity contribution in [2.75, 3.05) is 54.6 Å². The van der Waals surface area contributed by atoms with Crippen LogP contribution >= 0.6 is 0 Å². The molecule has 0 spiro atoms. The normalized spacial score (nSPS) is 14.1. The van der Waals surface area contributed by atoms with Gasteiger partial charge in [-0.2, -0.15) is 10.2 Å². The average Bonchev–Trinajstić information content (AvgIpc) is 2.88. The Balaban J connectivity index is 0.000000180. The molecule has 10 aromatic rings. The number of anilines is 4. The molecule has 2 aliphatic rings. The van der Waals surface area contributed by atoms with Crippen LogP contribution < -0.4 is 26.0 Å². The predicted molar refractivity (Wildman–Crippen MR) is 349 cm³/mol. The summed E-state index contributed by atoms with van der Waals surface area (Å²) in [6.07, 6.45) is 15.1. The number of methoxy groups -OCH3 is 1. The molecule has 0 radical (unpaired) electrons. The average molecular weight is 1160 g/mol. The summed E-state index contributed by atoms with van der Waals surface area (Å²) in [7, 11) is 1.57. The number of urea groups is 2. The number of nitrogens with zero attached hydrogens (tertiary/aromatic N) is 10. The fraction of sp³-hybridized carbons (Fsp3) is 0.314. The fourth-order valence-corrected chi connectivity index (χ4v) is 11.2. The van der Waals surface area contributed by atoms with E-state index in [2.05, 4.69) is 125 Å². The molecule has 0 atom stereocenters. The van der Waals surface area contributed by atoms with E-state index >= 15 is 0 Å². The minimum atomic E-state index is -0.366. The van der Waals surface area contributed by atoms with E-state index in [1.54, 1.807) is 34.9 Å². The Morgan fingerprint density at radius 1 is 0.471 bits per heavy atom. The van der Waals surface area contributed by atoms with Crippen LogP contribution in [0.15, 0.2) is 158 Å². The second-order valence-corrected chi connectivity index (χ2v) is 24.7. The molecular formula is C70H78N14O3. The minimum Gasteiger partial charge on any atom is -0.481 e. The molecule has 0 saturated carbocycles. The maximum atomic E-state index is 13.4. The number of benzene rings is 4. The van der Waals surface area contributed by atoms with Crippen molar-refractivity contribution in [2.24, 2.45) is 0 Å². The van der Waals surface area contributed by atoms with Gasteiger partial charge in [-0.15, -0.1) is 0 Å².